The molecule has 2 aromatic rings. The smallest absolute Gasteiger partial charge is 0.397 e. The molecule has 0 radical (unpaired) electrons. The van der Waals surface area contributed by atoms with Crippen LogP contribution in [0.25, 0.3) is 0 Å². The van der Waals surface area contributed by atoms with Gasteiger partial charge in [0.1, 0.15) is 11.5 Å². The van der Waals surface area contributed by atoms with Gasteiger partial charge < -0.3 is 27.1 Å². The molecule has 0 aromatic heterocycles. The highest BCUT2D eigenvalue weighted by Gasteiger charge is 2.46. The lowest BCUT2D eigenvalue weighted by Gasteiger charge is -2.42. The molecular formula is C45H74O6P2. The van der Waals surface area contributed by atoms with E-state index in [9.17, 15) is 0 Å². The average Bonchev–Trinajstić information content (AvgIpc) is 3.15. The lowest BCUT2D eigenvalue weighted by atomic mass is 9.73. The van der Waals surface area contributed by atoms with Crippen molar-refractivity contribution >= 4 is 17.2 Å². The van der Waals surface area contributed by atoms with E-state index in [2.05, 4.69) is 135 Å². The van der Waals surface area contributed by atoms with E-state index < -0.39 is 22.6 Å². The Balaban J connectivity index is 1.56. The van der Waals surface area contributed by atoms with Crippen LogP contribution in [0.15, 0.2) is 24.3 Å². The van der Waals surface area contributed by atoms with Gasteiger partial charge in [0.2, 0.25) is 0 Å². The van der Waals surface area contributed by atoms with Crippen LogP contribution in [0.2, 0.25) is 0 Å². The molecule has 0 N–H and O–H groups in total. The van der Waals surface area contributed by atoms with Gasteiger partial charge in [0.05, 0.1) is 31.8 Å². The molecule has 2 aliphatic heterocycles. The number of hydrogen-bond acceptors (Lipinski definition) is 6. The first-order valence-corrected chi connectivity index (χ1v) is 22.8. The molecule has 4 rings (SSSR count). The van der Waals surface area contributed by atoms with Crippen molar-refractivity contribution in [1.29, 1.82) is 0 Å². The molecule has 2 unspecified atom stereocenters. The van der Waals surface area contributed by atoms with Gasteiger partial charge >= 0.3 is 17.2 Å². The van der Waals surface area contributed by atoms with E-state index in [1.165, 1.54) is 33.4 Å². The molecule has 300 valence electrons. The van der Waals surface area contributed by atoms with Crippen LogP contribution in [0.4, 0.5) is 0 Å². The Morgan fingerprint density at radius 3 is 0.962 bits per heavy atom. The monoisotopic (exact) mass is 772 g/mol. The molecule has 53 heavy (non-hydrogen) atoms. The first kappa shape index (κ1) is 44.5. The Bertz CT molecular complexity index is 1320. The van der Waals surface area contributed by atoms with Crippen molar-refractivity contribution in [2.45, 2.75) is 183 Å². The first-order chi connectivity index (χ1) is 24.7. The van der Waals surface area contributed by atoms with Crippen molar-refractivity contribution in [1.82, 2.24) is 0 Å². The van der Waals surface area contributed by atoms with Crippen molar-refractivity contribution < 1.29 is 27.1 Å². The fourth-order valence-corrected chi connectivity index (χ4v) is 9.22. The molecule has 0 bridgehead atoms. The van der Waals surface area contributed by atoms with Crippen LogP contribution >= 0.6 is 17.2 Å². The zero-order chi connectivity index (χ0) is 39.6. The van der Waals surface area contributed by atoms with E-state index in [0.29, 0.717) is 38.3 Å². The molecule has 2 atom stereocenters. The van der Waals surface area contributed by atoms with Crippen molar-refractivity contribution in [2.75, 3.05) is 26.4 Å². The molecule has 2 aliphatic rings. The van der Waals surface area contributed by atoms with E-state index >= 15 is 0 Å². The SMILES string of the molecule is CCC(C)c1cc(C(C)(C)CC)c(OP2OCC3(CO2)COP(Oc2c(C(C)(C)CC)cc(C(C)CC)cc2C(C)(C)CC)OC3)c(C(C)(C)CC)c1. The van der Waals surface area contributed by atoms with Gasteiger partial charge in [0.25, 0.3) is 0 Å². The van der Waals surface area contributed by atoms with E-state index in [0.717, 1.165) is 50.0 Å². The largest absolute Gasteiger partial charge is 0.426 e. The van der Waals surface area contributed by atoms with Gasteiger partial charge in [-0.15, -0.1) is 0 Å². The minimum absolute atomic E-state index is 0.0705. The number of rotatable bonds is 16. The third-order valence-electron chi connectivity index (χ3n) is 13.3. The van der Waals surface area contributed by atoms with Crippen LogP contribution in [-0.2, 0) is 39.8 Å². The van der Waals surface area contributed by atoms with Gasteiger partial charge in [0.15, 0.2) is 0 Å². The summed E-state index contributed by atoms with van der Waals surface area (Å²) in [6.45, 7) is 38.5. The van der Waals surface area contributed by atoms with Crippen LogP contribution in [0, 0.1) is 5.41 Å². The Labute approximate surface area is 327 Å². The molecule has 0 saturated carbocycles. The van der Waals surface area contributed by atoms with E-state index in [-0.39, 0.29) is 21.7 Å². The number of benzene rings is 2. The van der Waals surface area contributed by atoms with Crippen LogP contribution < -0.4 is 9.05 Å². The molecule has 0 amide bonds. The molecule has 2 saturated heterocycles. The lowest BCUT2D eigenvalue weighted by Crippen LogP contribution is -2.45. The molecule has 2 fully saturated rings. The van der Waals surface area contributed by atoms with Crippen LogP contribution in [-0.4, -0.2) is 26.4 Å². The Kier molecular flexibility index (Phi) is 14.7. The summed E-state index contributed by atoms with van der Waals surface area (Å²) >= 11 is 0. The molecule has 2 heterocycles. The van der Waals surface area contributed by atoms with Crippen LogP contribution in [0.3, 0.4) is 0 Å². The maximum Gasteiger partial charge on any atom is 0.397 e. The predicted molar refractivity (Wildman–Crippen MR) is 225 cm³/mol. The zero-order valence-corrected chi connectivity index (χ0v) is 38.2. The maximum absolute atomic E-state index is 6.86. The normalized spacial score (nSPS) is 22.9. The van der Waals surface area contributed by atoms with E-state index in [4.69, 9.17) is 27.1 Å². The summed E-state index contributed by atoms with van der Waals surface area (Å²) in [5.41, 5.74) is 7.02. The van der Waals surface area contributed by atoms with E-state index in [1.807, 2.05) is 0 Å². The van der Waals surface area contributed by atoms with Gasteiger partial charge in [-0.05, 0) is 83.1 Å². The minimum Gasteiger partial charge on any atom is -0.426 e. The highest BCUT2D eigenvalue weighted by molar-refractivity contribution is 7.42. The minimum atomic E-state index is -1.60. The topological polar surface area (TPSA) is 55.4 Å². The van der Waals surface area contributed by atoms with Gasteiger partial charge in [0, 0.05) is 22.3 Å². The standard InChI is InChI=1S/C45H74O6P2/c1-17-31(7)33-23-35(41(9,10)19-3)39(36(24-33)42(11,12)20-4)50-52-46-27-45(28-47-52)29-48-53(49-30-45)51-40-37(43(13,14)21-5)25-34(32(8)18-2)26-38(40)44(15,16)22-6/h23-26,31-32H,17-22,27-30H2,1-16H3. The fourth-order valence-electron chi connectivity index (χ4n) is 6.65. The van der Waals surface area contributed by atoms with Crippen LogP contribution in [0.1, 0.15) is 195 Å². The molecular weight excluding hydrogens is 698 g/mol. The zero-order valence-electron chi connectivity index (χ0n) is 36.4. The van der Waals surface area contributed by atoms with Crippen molar-refractivity contribution in [2.24, 2.45) is 5.41 Å². The predicted octanol–water partition coefficient (Wildman–Crippen LogP) is 14.5. The fraction of sp³-hybridized carbons (Fsp3) is 0.733. The van der Waals surface area contributed by atoms with Gasteiger partial charge in [-0.1, -0.05) is 135 Å². The van der Waals surface area contributed by atoms with Gasteiger partial charge in [-0.25, -0.2) is 0 Å². The van der Waals surface area contributed by atoms with E-state index in [1.54, 1.807) is 0 Å². The van der Waals surface area contributed by atoms with Crippen molar-refractivity contribution in [3.05, 3.63) is 57.6 Å². The van der Waals surface area contributed by atoms with Gasteiger partial charge in [-0.2, -0.15) is 0 Å². The summed E-state index contributed by atoms with van der Waals surface area (Å²) in [7, 11) is -3.20. The van der Waals surface area contributed by atoms with Crippen molar-refractivity contribution in [3.8, 4) is 11.5 Å². The maximum atomic E-state index is 6.86. The molecule has 6 nitrogen and oxygen atoms in total. The quantitative estimate of drug-likeness (QED) is 0.158. The lowest BCUT2D eigenvalue weighted by molar-refractivity contribution is -0.0674. The Morgan fingerprint density at radius 1 is 0.509 bits per heavy atom. The molecule has 1 spiro atoms. The summed E-state index contributed by atoms with van der Waals surface area (Å²) in [5, 5.41) is 0. The summed E-state index contributed by atoms with van der Waals surface area (Å²) in [6.07, 6.45) is 6.18. The highest BCUT2D eigenvalue weighted by Crippen LogP contribution is 2.57. The third kappa shape index (κ3) is 9.83. The molecule has 8 heteroatoms. The average molecular weight is 773 g/mol. The molecule has 2 aromatic carbocycles. The van der Waals surface area contributed by atoms with Crippen molar-refractivity contribution in [3.63, 3.8) is 0 Å². The molecule has 0 aliphatic carbocycles. The highest BCUT2D eigenvalue weighted by atomic mass is 31.2. The summed E-state index contributed by atoms with van der Waals surface area (Å²) < 4.78 is 39.6. The van der Waals surface area contributed by atoms with Gasteiger partial charge in [-0.3, -0.25) is 0 Å². The second kappa shape index (κ2) is 17.5. The Morgan fingerprint density at radius 2 is 0.755 bits per heavy atom. The summed E-state index contributed by atoms with van der Waals surface area (Å²) in [4.78, 5) is 0. The first-order valence-electron chi connectivity index (χ1n) is 20.6. The number of hydrogen-bond donors (Lipinski definition) is 0. The second-order valence-corrected chi connectivity index (χ2v) is 21.0. The van der Waals surface area contributed by atoms with Crippen LogP contribution in [0.5, 0.6) is 11.5 Å². The third-order valence-corrected chi connectivity index (χ3v) is 15.3. The Hall–Kier alpha value is -1.26. The summed E-state index contributed by atoms with van der Waals surface area (Å²) in [6, 6.07) is 9.52. The summed E-state index contributed by atoms with van der Waals surface area (Å²) in [5.74, 6) is 2.80. The second-order valence-electron chi connectivity index (χ2n) is 18.7.